The van der Waals surface area contributed by atoms with Gasteiger partial charge in [-0.2, -0.15) is 0 Å². The summed E-state index contributed by atoms with van der Waals surface area (Å²) < 4.78 is 5.74. The summed E-state index contributed by atoms with van der Waals surface area (Å²) in [4.78, 5) is 10.9. The zero-order valence-electron chi connectivity index (χ0n) is 10.9. The Hall–Kier alpha value is -1.32. The first kappa shape index (κ1) is 16.7. The predicted molar refractivity (Wildman–Crippen MR) is 70.7 cm³/mol. The van der Waals surface area contributed by atoms with Crippen LogP contribution < -0.4 is 16.9 Å². The van der Waals surface area contributed by atoms with E-state index in [0.717, 1.165) is 17.4 Å². The summed E-state index contributed by atoms with van der Waals surface area (Å²) in [6, 6.07) is 10.3. The van der Waals surface area contributed by atoms with E-state index in [9.17, 15) is 4.79 Å². The molecule has 0 bridgehead atoms. The van der Waals surface area contributed by atoms with Crippen LogP contribution in [0.1, 0.15) is 6.42 Å². The molecule has 0 unspecified atom stereocenters. The minimum absolute atomic E-state index is 0. The molecule has 0 aromatic heterocycles. The van der Waals surface area contributed by atoms with Crippen LogP contribution in [0.4, 0.5) is 5.69 Å². The van der Waals surface area contributed by atoms with E-state index in [1.807, 2.05) is 18.2 Å². The van der Waals surface area contributed by atoms with Crippen molar-refractivity contribution in [1.82, 2.24) is 4.48 Å². The van der Waals surface area contributed by atoms with E-state index in [2.05, 4.69) is 32.8 Å². The van der Waals surface area contributed by atoms with Crippen molar-refractivity contribution >= 4 is 11.7 Å². The maximum Gasteiger partial charge on any atom is 0.330 e. The van der Waals surface area contributed by atoms with E-state index in [0.29, 0.717) is 6.61 Å². The Labute approximate surface area is 115 Å². The summed E-state index contributed by atoms with van der Waals surface area (Å²) in [5, 5.41) is 0. The number of nitrogens with zero attached hydrogens (tertiary/aromatic N) is 1. The van der Waals surface area contributed by atoms with E-state index in [-0.39, 0.29) is 18.4 Å². The molecule has 3 nitrogen and oxygen atoms in total. The van der Waals surface area contributed by atoms with Crippen LogP contribution in [0.5, 0.6) is 0 Å². The fraction of sp³-hybridized carbons (Fsp3) is 0.357. The molecule has 1 rings (SSSR count). The van der Waals surface area contributed by atoms with Gasteiger partial charge in [0, 0.05) is 12.5 Å². The molecule has 100 valence electrons. The third-order valence-electron chi connectivity index (χ3n) is 2.73. The number of hydrogen-bond donors (Lipinski definition) is 0. The van der Waals surface area contributed by atoms with Gasteiger partial charge in [-0.15, -0.1) is 0 Å². The largest absolute Gasteiger partial charge is 1.00 e. The van der Waals surface area contributed by atoms with Crippen molar-refractivity contribution in [3.8, 4) is 0 Å². The van der Waals surface area contributed by atoms with Crippen LogP contribution >= 0.6 is 0 Å². The summed E-state index contributed by atoms with van der Waals surface area (Å²) in [5.74, 6) is -0.352. The van der Waals surface area contributed by atoms with Gasteiger partial charge in [0.25, 0.3) is 0 Å². The zero-order valence-corrected chi connectivity index (χ0v) is 11.7. The van der Waals surface area contributed by atoms with Crippen LogP contribution in [0.2, 0.25) is 0 Å². The molecule has 0 atom stereocenters. The lowest BCUT2D eigenvalue weighted by molar-refractivity contribution is -0.137. The molecule has 0 spiro atoms. The van der Waals surface area contributed by atoms with Crippen molar-refractivity contribution in [1.29, 1.82) is 0 Å². The van der Waals surface area contributed by atoms with Crippen molar-refractivity contribution in [3.63, 3.8) is 0 Å². The number of carbonyl (C=O) groups is 1. The molecule has 0 radical (unpaired) electrons. The van der Waals surface area contributed by atoms with Crippen LogP contribution in [0.25, 0.3) is 0 Å². The number of para-hydroxylation sites is 1. The minimum Gasteiger partial charge on any atom is -1.00 e. The number of carbonyl (C=O) groups excluding carboxylic acids is 1. The monoisotopic (exact) mass is 269 g/mol. The Bertz CT molecular complexity index is 377. The van der Waals surface area contributed by atoms with E-state index < -0.39 is 0 Å². The van der Waals surface area contributed by atoms with Gasteiger partial charge in [0.2, 0.25) is 0 Å². The lowest BCUT2D eigenvalue weighted by Gasteiger charge is -2.29. The highest BCUT2D eigenvalue weighted by atomic mass is 35.5. The second kappa shape index (κ2) is 7.90. The third-order valence-corrected chi connectivity index (χ3v) is 2.73. The topological polar surface area (TPSA) is 26.3 Å². The maximum absolute atomic E-state index is 10.9. The molecule has 18 heavy (non-hydrogen) atoms. The Kier molecular flexibility index (Phi) is 7.32. The highest BCUT2D eigenvalue weighted by molar-refractivity contribution is 5.81. The van der Waals surface area contributed by atoms with Gasteiger partial charge in [-0.1, -0.05) is 24.8 Å². The van der Waals surface area contributed by atoms with E-state index >= 15 is 0 Å². The van der Waals surface area contributed by atoms with Crippen molar-refractivity contribution in [2.45, 2.75) is 6.42 Å². The highest BCUT2D eigenvalue weighted by Gasteiger charge is 2.17. The summed E-state index contributed by atoms with van der Waals surface area (Å²) in [6.45, 7) is 4.73. The van der Waals surface area contributed by atoms with Crippen molar-refractivity contribution in [3.05, 3.63) is 43.0 Å². The van der Waals surface area contributed by atoms with Crippen LogP contribution in [0, 0.1) is 0 Å². The average molecular weight is 270 g/mol. The number of hydrogen-bond acceptors (Lipinski definition) is 2. The van der Waals surface area contributed by atoms with Gasteiger partial charge < -0.3 is 17.1 Å². The molecule has 0 aliphatic carbocycles. The van der Waals surface area contributed by atoms with E-state index in [4.69, 9.17) is 4.74 Å². The summed E-state index contributed by atoms with van der Waals surface area (Å²) >= 11 is 0. The average Bonchev–Trinajstić information content (AvgIpc) is 2.35. The molecular formula is C14H20ClNO2. The fourth-order valence-electron chi connectivity index (χ4n) is 1.65. The Morgan fingerprint density at radius 3 is 2.50 bits per heavy atom. The number of quaternary nitrogens is 1. The molecule has 0 aliphatic rings. The molecule has 0 N–H and O–H groups in total. The van der Waals surface area contributed by atoms with Gasteiger partial charge in [-0.3, -0.25) is 4.48 Å². The van der Waals surface area contributed by atoms with Crippen molar-refractivity contribution in [2.24, 2.45) is 0 Å². The summed E-state index contributed by atoms with van der Waals surface area (Å²) in [7, 11) is 4.29. The zero-order chi connectivity index (χ0) is 12.7. The predicted octanol–water partition coefficient (Wildman–Crippen LogP) is -0.623. The van der Waals surface area contributed by atoms with E-state index in [1.165, 1.54) is 11.8 Å². The summed E-state index contributed by atoms with van der Waals surface area (Å²) in [6.07, 6.45) is 2.03. The quantitative estimate of drug-likeness (QED) is 0.298. The smallest absolute Gasteiger partial charge is 0.330 e. The van der Waals surface area contributed by atoms with Gasteiger partial charge in [0.15, 0.2) is 0 Å². The molecule has 4 heteroatoms. The number of halogens is 1. The standard InChI is InChI=1S/C14H20NO2.ClH/c1-4-14(16)17-12-8-11-15(2,3)13-9-6-5-7-10-13;/h4-7,9-10H,1,8,11-12H2,2-3H3;1H/q+1;/p-1. The summed E-state index contributed by atoms with van der Waals surface area (Å²) in [5.41, 5.74) is 1.25. The first-order valence-corrected chi connectivity index (χ1v) is 5.74. The first-order valence-electron chi connectivity index (χ1n) is 5.74. The Morgan fingerprint density at radius 2 is 1.94 bits per heavy atom. The molecule has 1 aromatic carbocycles. The van der Waals surface area contributed by atoms with Crippen LogP contribution in [-0.2, 0) is 9.53 Å². The Balaban J connectivity index is 0.00000289. The van der Waals surface area contributed by atoms with Crippen LogP contribution in [0.15, 0.2) is 43.0 Å². The maximum atomic E-state index is 10.9. The number of benzene rings is 1. The lowest BCUT2D eigenvalue weighted by Crippen LogP contribution is -3.00. The van der Waals surface area contributed by atoms with Crippen molar-refractivity contribution < 1.29 is 21.9 Å². The van der Waals surface area contributed by atoms with Gasteiger partial charge in [-0.05, 0) is 12.1 Å². The van der Waals surface area contributed by atoms with Crippen molar-refractivity contribution in [2.75, 3.05) is 27.2 Å². The molecule has 0 saturated carbocycles. The number of rotatable bonds is 6. The molecule has 0 aliphatic heterocycles. The van der Waals surface area contributed by atoms with Gasteiger partial charge in [0.05, 0.1) is 27.2 Å². The number of ether oxygens (including phenoxy) is 1. The molecule has 0 heterocycles. The fourth-order valence-corrected chi connectivity index (χ4v) is 1.65. The van der Waals surface area contributed by atoms with Crippen LogP contribution in [0.3, 0.4) is 0 Å². The normalized spacial score (nSPS) is 10.3. The van der Waals surface area contributed by atoms with E-state index in [1.54, 1.807) is 0 Å². The molecular weight excluding hydrogens is 250 g/mol. The lowest BCUT2D eigenvalue weighted by atomic mass is 10.2. The van der Waals surface area contributed by atoms with Gasteiger partial charge >= 0.3 is 5.97 Å². The SMILES string of the molecule is C=CC(=O)OCCC[N+](C)(C)c1ccccc1.[Cl-]. The second-order valence-corrected chi connectivity index (χ2v) is 4.47. The molecule has 1 aromatic rings. The second-order valence-electron chi connectivity index (χ2n) is 4.47. The molecule has 0 saturated heterocycles. The minimum atomic E-state index is -0.352. The third kappa shape index (κ3) is 5.34. The van der Waals surface area contributed by atoms with Gasteiger partial charge in [-0.25, -0.2) is 4.79 Å². The first-order chi connectivity index (χ1) is 8.06. The van der Waals surface area contributed by atoms with Crippen LogP contribution in [-0.4, -0.2) is 33.2 Å². The number of esters is 1. The van der Waals surface area contributed by atoms with Gasteiger partial charge in [0.1, 0.15) is 5.69 Å². The molecule has 0 amide bonds. The highest BCUT2D eigenvalue weighted by Crippen LogP contribution is 2.18. The molecule has 0 fully saturated rings. The Morgan fingerprint density at radius 1 is 1.33 bits per heavy atom.